The van der Waals surface area contributed by atoms with Crippen LogP contribution in [0, 0.1) is 5.41 Å². The fourth-order valence-corrected chi connectivity index (χ4v) is 4.27. The number of amides is 3. The van der Waals surface area contributed by atoms with E-state index >= 15 is 0 Å². The van der Waals surface area contributed by atoms with Gasteiger partial charge in [-0.05, 0) is 23.3 Å². The average molecular weight is 386 g/mol. The van der Waals surface area contributed by atoms with Gasteiger partial charge in [-0.25, -0.2) is 4.79 Å². The molecule has 2 aromatic rings. The molecule has 2 aromatic carbocycles. The highest BCUT2D eigenvalue weighted by Crippen LogP contribution is 2.48. The van der Waals surface area contributed by atoms with Crippen LogP contribution in [0.2, 0.25) is 5.02 Å². The lowest BCUT2D eigenvalue weighted by atomic mass is 9.80. The zero-order valence-electron chi connectivity index (χ0n) is 15.9. The second kappa shape index (κ2) is 6.57. The SMILES string of the molecule is CN1C(=O)C(c2ccccc2)(c2ccc(Cl)cc2)N(C(N)=O)C1C(C)(C)C. The number of urea groups is 1. The number of hydrogen-bond acceptors (Lipinski definition) is 2. The lowest BCUT2D eigenvalue weighted by molar-refractivity contribution is -0.132. The van der Waals surface area contributed by atoms with Gasteiger partial charge in [-0.1, -0.05) is 74.8 Å². The lowest BCUT2D eigenvalue weighted by Gasteiger charge is -2.42. The molecule has 142 valence electrons. The number of carbonyl (C=O) groups excluding carboxylic acids is 2. The third-order valence-electron chi connectivity index (χ3n) is 5.07. The van der Waals surface area contributed by atoms with E-state index in [1.54, 1.807) is 36.2 Å². The van der Waals surface area contributed by atoms with Gasteiger partial charge in [-0.2, -0.15) is 0 Å². The number of benzene rings is 2. The summed E-state index contributed by atoms with van der Waals surface area (Å²) >= 11 is 6.07. The fourth-order valence-electron chi connectivity index (χ4n) is 4.14. The van der Waals surface area contributed by atoms with E-state index in [9.17, 15) is 9.59 Å². The summed E-state index contributed by atoms with van der Waals surface area (Å²) in [5, 5.41) is 0.554. The van der Waals surface area contributed by atoms with E-state index in [0.29, 0.717) is 16.1 Å². The van der Waals surface area contributed by atoms with Crippen LogP contribution in [-0.2, 0) is 10.3 Å². The Hall–Kier alpha value is -2.53. The zero-order chi connectivity index (χ0) is 20.0. The normalized spacial score (nSPS) is 23.0. The molecule has 2 atom stereocenters. The Balaban J connectivity index is 2.39. The first-order valence-corrected chi connectivity index (χ1v) is 9.17. The Labute approximate surface area is 164 Å². The van der Waals surface area contributed by atoms with Crippen molar-refractivity contribution < 1.29 is 9.59 Å². The van der Waals surface area contributed by atoms with Crippen molar-refractivity contribution in [2.45, 2.75) is 32.5 Å². The van der Waals surface area contributed by atoms with Gasteiger partial charge in [0, 0.05) is 17.5 Å². The molecular formula is C21H24ClN3O2. The Morgan fingerprint density at radius 1 is 1.04 bits per heavy atom. The Morgan fingerprint density at radius 3 is 2.04 bits per heavy atom. The highest BCUT2D eigenvalue weighted by atomic mass is 35.5. The largest absolute Gasteiger partial charge is 0.351 e. The molecule has 3 amide bonds. The highest BCUT2D eigenvalue weighted by Gasteiger charge is 2.62. The summed E-state index contributed by atoms with van der Waals surface area (Å²) in [6, 6.07) is 15.6. The summed E-state index contributed by atoms with van der Waals surface area (Å²) < 4.78 is 0. The Kier molecular flexibility index (Phi) is 4.68. The van der Waals surface area contributed by atoms with Crippen molar-refractivity contribution in [1.82, 2.24) is 9.80 Å². The topological polar surface area (TPSA) is 66.6 Å². The van der Waals surface area contributed by atoms with Gasteiger partial charge in [0.2, 0.25) is 0 Å². The molecule has 1 aliphatic rings. The molecular weight excluding hydrogens is 362 g/mol. The van der Waals surface area contributed by atoms with Gasteiger partial charge in [-0.3, -0.25) is 9.69 Å². The number of nitrogens with two attached hydrogens (primary N) is 1. The van der Waals surface area contributed by atoms with Gasteiger partial charge in [0.15, 0.2) is 5.54 Å². The van der Waals surface area contributed by atoms with Crippen LogP contribution in [-0.4, -0.2) is 35.0 Å². The molecule has 3 rings (SSSR count). The molecule has 1 aliphatic heterocycles. The number of primary amides is 1. The first-order chi connectivity index (χ1) is 12.6. The third kappa shape index (κ3) is 2.86. The summed E-state index contributed by atoms with van der Waals surface area (Å²) in [6.07, 6.45) is -0.501. The van der Waals surface area contributed by atoms with Gasteiger partial charge in [0.1, 0.15) is 6.17 Å². The summed E-state index contributed by atoms with van der Waals surface area (Å²) in [5.41, 5.74) is 5.47. The van der Waals surface area contributed by atoms with Crippen LogP contribution in [0.1, 0.15) is 31.9 Å². The maximum absolute atomic E-state index is 13.7. The van der Waals surface area contributed by atoms with E-state index in [1.165, 1.54) is 4.90 Å². The van der Waals surface area contributed by atoms with E-state index < -0.39 is 23.2 Å². The molecule has 0 bridgehead atoms. The summed E-state index contributed by atoms with van der Waals surface area (Å²) in [4.78, 5) is 29.6. The molecule has 27 heavy (non-hydrogen) atoms. The minimum atomic E-state index is -1.34. The predicted molar refractivity (Wildman–Crippen MR) is 106 cm³/mol. The van der Waals surface area contributed by atoms with Crippen molar-refractivity contribution >= 4 is 23.5 Å². The van der Waals surface area contributed by atoms with Crippen LogP contribution in [0.4, 0.5) is 4.79 Å². The predicted octanol–water partition coefficient (Wildman–Crippen LogP) is 3.81. The van der Waals surface area contributed by atoms with Crippen molar-refractivity contribution in [3.8, 4) is 0 Å². The van der Waals surface area contributed by atoms with Crippen molar-refractivity contribution in [2.24, 2.45) is 11.1 Å². The molecule has 0 aliphatic carbocycles. The summed E-state index contributed by atoms with van der Waals surface area (Å²) in [7, 11) is 1.72. The molecule has 0 aromatic heterocycles. The minimum Gasteiger partial charge on any atom is -0.351 e. The number of hydrogen-bond donors (Lipinski definition) is 1. The molecule has 1 heterocycles. The van der Waals surface area contributed by atoms with Crippen LogP contribution < -0.4 is 5.73 Å². The zero-order valence-corrected chi connectivity index (χ0v) is 16.7. The molecule has 2 unspecified atom stereocenters. The molecule has 1 saturated heterocycles. The van der Waals surface area contributed by atoms with Gasteiger partial charge < -0.3 is 10.6 Å². The molecule has 5 nitrogen and oxygen atoms in total. The van der Waals surface area contributed by atoms with Gasteiger partial charge in [-0.15, -0.1) is 0 Å². The van der Waals surface area contributed by atoms with E-state index in [2.05, 4.69) is 0 Å². The van der Waals surface area contributed by atoms with Gasteiger partial charge in [0.25, 0.3) is 5.91 Å². The van der Waals surface area contributed by atoms with Crippen LogP contribution in [0.25, 0.3) is 0 Å². The van der Waals surface area contributed by atoms with Gasteiger partial charge >= 0.3 is 6.03 Å². The van der Waals surface area contributed by atoms with Crippen LogP contribution in [0.5, 0.6) is 0 Å². The number of likely N-dealkylation sites (N-methyl/N-ethyl adjacent to an activating group) is 1. The number of nitrogens with zero attached hydrogens (tertiary/aromatic N) is 2. The van der Waals surface area contributed by atoms with Crippen LogP contribution in [0.3, 0.4) is 0 Å². The second-order valence-electron chi connectivity index (χ2n) is 7.95. The molecule has 0 radical (unpaired) electrons. The monoisotopic (exact) mass is 385 g/mol. The maximum Gasteiger partial charge on any atom is 0.317 e. The fraction of sp³-hybridized carbons (Fsp3) is 0.333. The molecule has 1 fully saturated rings. The molecule has 0 saturated carbocycles. The molecule has 2 N–H and O–H groups in total. The highest BCUT2D eigenvalue weighted by molar-refractivity contribution is 6.30. The number of rotatable bonds is 2. The van der Waals surface area contributed by atoms with Crippen molar-refractivity contribution in [3.05, 3.63) is 70.7 Å². The smallest absolute Gasteiger partial charge is 0.317 e. The average Bonchev–Trinajstić information content (AvgIpc) is 2.86. The summed E-state index contributed by atoms with van der Waals surface area (Å²) in [6.45, 7) is 5.96. The van der Waals surface area contributed by atoms with Gasteiger partial charge in [0.05, 0.1) is 0 Å². The van der Waals surface area contributed by atoms with E-state index in [-0.39, 0.29) is 5.91 Å². The Bertz CT molecular complexity index is 861. The first kappa shape index (κ1) is 19.2. The standard InChI is InChI=1S/C21H24ClN3O2/c1-20(2,3)17-24(4)18(26)21(25(17)19(23)27,14-8-6-5-7-9-14)15-10-12-16(22)13-11-15/h5-13,17H,1-4H3,(H2,23,27). The quantitative estimate of drug-likeness (QED) is 0.854. The second-order valence-corrected chi connectivity index (χ2v) is 8.38. The minimum absolute atomic E-state index is 0.199. The number of halogens is 1. The number of carbonyl (C=O) groups is 2. The lowest BCUT2D eigenvalue weighted by Crippen LogP contribution is -2.57. The third-order valence-corrected chi connectivity index (χ3v) is 5.32. The van der Waals surface area contributed by atoms with Crippen LogP contribution >= 0.6 is 11.6 Å². The van der Waals surface area contributed by atoms with Crippen molar-refractivity contribution in [1.29, 1.82) is 0 Å². The maximum atomic E-state index is 13.7. The molecule has 6 heteroatoms. The van der Waals surface area contributed by atoms with E-state index in [4.69, 9.17) is 17.3 Å². The van der Waals surface area contributed by atoms with Crippen molar-refractivity contribution in [2.75, 3.05) is 7.05 Å². The summed E-state index contributed by atoms with van der Waals surface area (Å²) in [5.74, 6) is -0.199. The van der Waals surface area contributed by atoms with Crippen molar-refractivity contribution in [3.63, 3.8) is 0 Å². The van der Waals surface area contributed by atoms with E-state index in [0.717, 1.165) is 0 Å². The Morgan fingerprint density at radius 2 is 1.56 bits per heavy atom. The van der Waals surface area contributed by atoms with E-state index in [1.807, 2.05) is 51.1 Å². The first-order valence-electron chi connectivity index (χ1n) is 8.79. The van der Waals surface area contributed by atoms with Crippen LogP contribution in [0.15, 0.2) is 54.6 Å². The molecule has 0 spiro atoms.